The molecular formula is C31H46FNO. The van der Waals surface area contributed by atoms with Gasteiger partial charge < -0.3 is 4.74 Å². The van der Waals surface area contributed by atoms with Gasteiger partial charge in [-0.3, -0.25) is 4.98 Å². The second-order valence-electron chi connectivity index (χ2n) is 10.3. The Morgan fingerprint density at radius 2 is 1.53 bits per heavy atom. The van der Waals surface area contributed by atoms with Crippen LogP contribution in [0.1, 0.15) is 122 Å². The van der Waals surface area contributed by atoms with Crippen LogP contribution in [0.2, 0.25) is 0 Å². The summed E-state index contributed by atoms with van der Waals surface area (Å²) in [5.41, 5.74) is 2.57. The summed E-state index contributed by atoms with van der Waals surface area (Å²) in [7, 11) is 0. The first-order valence-corrected chi connectivity index (χ1v) is 14.1. The van der Waals surface area contributed by atoms with E-state index < -0.39 is 0 Å². The van der Waals surface area contributed by atoms with Gasteiger partial charge in [-0.1, -0.05) is 84.1 Å². The van der Waals surface area contributed by atoms with Gasteiger partial charge in [0.25, 0.3) is 0 Å². The Hall–Kier alpha value is -1.90. The van der Waals surface area contributed by atoms with Crippen molar-refractivity contribution in [1.82, 2.24) is 4.98 Å². The minimum Gasteiger partial charge on any atom is -0.493 e. The standard InChI is InChI=1S/C31H46FNO/c1-3-5-7-9-11-13-25-14-16-26(17-15-25)27-18-21-31(33-24-27)29-20-19-28(23-30(29)32)34-22-12-10-8-6-4-2/h18-21,23-26H,3-17,22H2,1-2H3. The van der Waals surface area contributed by atoms with Crippen LogP contribution in [-0.4, -0.2) is 11.6 Å². The molecule has 1 fully saturated rings. The van der Waals surface area contributed by atoms with E-state index in [9.17, 15) is 4.39 Å². The van der Waals surface area contributed by atoms with Gasteiger partial charge in [-0.2, -0.15) is 0 Å². The molecule has 1 aromatic heterocycles. The molecule has 0 radical (unpaired) electrons. The molecule has 0 N–H and O–H groups in total. The van der Waals surface area contributed by atoms with Crippen LogP contribution in [0.4, 0.5) is 4.39 Å². The summed E-state index contributed by atoms with van der Waals surface area (Å²) >= 11 is 0. The van der Waals surface area contributed by atoms with Crippen molar-refractivity contribution < 1.29 is 9.13 Å². The Balaban J connectivity index is 1.44. The van der Waals surface area contributed by atoms with E-state index in [1.807, 2.05) is 18.3 Å². The molecule has 1 saturated carbocycles. The van der Waals surface area contributed by atoms with Gasteiger partial charge in [0.2, 0.25) is 0 Å². The van der Waals surface area contributed by atoms with Gasteiger partial charge in [0, 0.05) is 17.8 Å². The van der Waals surface area contributed by atoms with Crippen molar-refractivity contribution in [2.24, 2.45) is 5.92 Å². The summed E-state index contributed by atoms with van der Waals surface area (Å²) in [5.74, 6) is 1.87. The smallest absolute Gasteiger partial charge is 0.136 e. The molecule has 1 aliphatic rings. The van der Waals surface area contributed by atoms with Crippen molar-refractivity contribution >= 4 is 0 Å². The predicted molar refractivity (Wildman–Crippen MR) is 142 cm³/mol. The van der Waals surface area contributed by atoms with E-state index >= 15 is 0 Å². The van der Waals surface area contributed by atoms with Crippen molar-refractivity contribution in [3.8, 4) is 17.0 Å². The van der Waals surface area contributed by atoms with Crippen LogP contribution >= 0.6 is 0 Å². The lowest BCUT2D eigenvalue weighted by Crippen LogP contribution is -2.13. The minimum atomic E-state index is -0.261. The van der Waals surface area contributed by atoms with Crippen molar-refractivity contribution in [1.29, 1.82) is 0 Å². The molecule has 3 rings (SSSR count). The molecule has 0 atom stereocenters. The zero-order chi connectivity index (χ0) is 24.0. The van der Waals surface area contributed by atoms with Crippen LogP contribution in [0.25, 0.3) is 11.3 Å². The number of nitrogens with zero attached hydrogens (tertiary/aromatic N) is 1. The Morgan fingerprint density at radius 1 is 0.824 bits per heavy atom. The first kappa shape index (κ1) is 26.7. The molecule has 34 heavy (non-hydrogen) atoms. The van der Waals surface area contributed by atoms with Crippen molar-refractivity contribution in [3.63, 3.8) is 0 Å². The molecule has 0 bridgehead atoms. The maximum atomic E-state index is 14.8. The Morgan fingerprint density at radius 3 is 2.18 bits per heavy atom. The number of rotatable bonds is 15. The van der Waals surface area contributed by atoms with E-state index in [4.69, 9.17) is 4.74 Å². The fourth-order valence-corrected chi connectivity index (χ4v) is 5.32. The summed E-state index contributed by atoms with van der Waals surface area (Å²) in [5, 5.41) is 0. The zero-order valence-corrected chi connectivity index (χ0v) is 21.7. The summed E-state index contributed by atoms with van der Waals surface area (Å²) < 4.78 is 20.5. The van der Waals surface area contributed by atoms with Gasteiger partial charge in [-0.05, 0) is 67.7 Å². The van der Waals surface area contributed by atoms with Gasteiger partial charge in [0.05, 0.1) is 12.3 Å². The topological polar surface area (TPSA) is 22.1 Å². The van der Waals surface area contributed by atoms with Gasteiger partial charge in [-0.15, -0.1) is 0 Å². The van der Waals surface area contributed by atoms with Crippen molar-refractivity contribution in [3.05, 3.63) is 47.9 Å². The lowest BCUT2D eigenvalue weighted by atomic mass is 9.77. The van der Waals surface area contributed by atoms with Crippen LogP contribution in [-0.2, 0) is 0 Å². The van der Waals surface area contributed by atoms with Crippen LogP contribution in [0.3, 0.4) is 0 Å². The van der Waals surface area contributed by atoms with E-state index in [1.165, 1.54) is 102 Å². The van der Waals surface area contributed by atoms with Crippen LogP contribution in [0.5, 0.6) is 5.75 Å². The summed E-state index contributed by atoms with van der Waals surface area (Å²) in [4.78, 5) is 4.63. The predicted octanol–water partition coefficient (Wildman–Crippen LogP) is 9.87. The van der Waals surface area contributed by atoms with Crippen LogP contribution in [0, 0.1) is 11.7 Å². The fraction of sp³-hybridized carbons (Fsp3) is 0.645. The molecule has 0 amide bonds. The molecule has 2 nitrogen and oxygen atoms in total. The number of halogens is 1. The van der Waals surface area contributed by atoms with E-state index in [0.717, 1.165) is 12.3 Å². The molecular weight excluding hydrogens is 421 g/mol. The van der Waals surface area contributed by atoms with E-state index in [-0.39, 0.29) is 5.82 Å². The maximum Gasteiger partial charge on any atom is 0.136 e. The maximum absolute atomic E-state index is 14.8. The molecule has 0 unspecified atom stereocenters. The molecule has 3 heteroatoms. The number of ether oxygens (including phenoxy) is 1. The van der Waals surface area contributed by atoms with Crippen LogP contribution in [0.15, 0.2) is 36.5 Å². The van der Waals surface area contributed by atoms with E-state index in [0.29, 0.717) is 29.5 Å². The largest absolute Gasteiger partial charge is 0.493 e. The SMILES string of the molecule is CCCCCCCOc1ccc(-c2ccc(C3CCC(CCCCCCC)CC3)cn2)c(F)c1. The van der Waals surface area contributed by atoms with E-state index in [1.54, 1.807) is 6.07 Å². The number of benzene rings is 1. The van der Waals surface area contributed by atoms with Gasteiger partial charge in [-0.25, -0.2) is 4.39 Å². The van der Waals surface area contributed by atoms with Gasteiger partial charge >= 0.3 is 0 Å². The molecule has 1 heterocycles. The summed E-state index contributed by atoms with van der Waals surface area (Å²) in [6, 6.07) is 9.32. The van der Waals surface area contributed by atoms with Crippen molar-refractivity contribution in [2.45, 2.75) is 116 Å². The second kappa shape index (κ2) is 15.2. The highest BCUT2D eigenvalue weighted by Crippen LogP contribution is 2.38. The number of hydrogen-bond acceptors (Lipinski definition) is 2. The number of pyridine rings is 1. The average Bonchev–Trinajstić information content (AvgIpc) is 2.87. The Kier molecular flexibility index (Phi) is 11.9. The second-order valence-corrected chi connectivity index (χ2v) is 10.3. The zero-order valence-electron chi connectivity index (χ0n) is 21.7. The monoisotopic (exact) mass is 467 g/mol. The lowest BCUT2D eigenvalue weighted by molar-refractivity contribution is 0.301. The fourth-order valence-electron chi connectivity index (χ4n) is 5.32. The molecule has 0 spiro atoms. The number of hydrogen-bond donors (Lipinski definition) is 0. The third-order valence-electron chi connectivity index (χ3n) is 7.55. The quantitative estimate of drug-likeness (QED) is 0.243. The minimum absolute atomic E-state index is 0.261. The third-order valence-corrected chi connectivity index (χ3v) is 7.55. The Labute approximate surface area is 207 Å². The third kappa shape index (κ3) is 8.71. The van der Waals surface area contributed by atoms with Gasteiger partial charge in [0.1, 0.15) is 11.6 Å². The average molecular weight is 468 g/mol. The molecule has 1 aromatic carbocycles. The lowest BCUT2D eigenvalue weighted by Gasteiger charge is -2.28. The van der Waals surface area contributed by atoms with Crippen molar-refractivity contribution in [2.75, 3.05) is 6.61 Å². The van der Waals surface area contributed by atoms with Gasteiger partial charge in [0.15, 0.2) is 0 Å². The first-order chi connectivity index (χ1) is 16.7. The highest BCUT2D eigenvalue weighted by Gasteiger charge is 2.22. The number of unbranched alkanes of at least 4 members (excludes halogenated alkanes) is 8. The molecule has 0 aliphatic heterocycles. The normalized spacial score (nSPS) is 18.2. The highest BCUT2D eigenvalue weighted by atomic mass is 19.1. The molecule has 2 aromatic rings. The summed E-state index contributed by atoms with van der Waals surface area (Å²) in [6.07, 6.45) is 21.5. The molecule has 1 aliphatic carbocycles. The summed E-state index contributed by atoms with van der Waals surface area (Å²) in [6.45, 7) is 5.14. The molecule has 0 saturated heterocycles. The van der Waals surface area contributed by atoms with E-state index in [2.05, 4.69) is 24.9 Å². The number of aromatic nitrogens is 1. The first-order valence-electron chi connectivity index (χ1n) is 14.1. The highest BCUT2D eigenvalue weighted by molar-refractivity contribution is 5.61. The molecule has 188 valence electrons. The van der Waals surface area contributed by atoms with Crippen LogP contribution < -0.4 is 4.74 Å². The Bertz CT molecular complexity index is 811.